The number of halogens is 1. The van der Waals surface area contributed by atoms with Gasteiger partial charge in [0.2, 0.25) is 0 Å². The normalized spacial score (nSPS) is 10.7. The number of furan rings is 1. The third kappa shape index (κ3) is 3.50. The van der Waals surface area contributed by atoms with Crippen molar-refractivity contribution in [3.63, 3.8) is 0 Å². The first-order valence-electron chi connectivity index (χ1n) is 5.99. The second-order valence-corrected chi connectivity index (χ2v) is 4.42. The first kappa shape index (κ1) is 13.9. The first-order valence-corrected chi connectivity index (χ1v) is 6.36. The molecule has 19 heavy (non-hydrogen) atoms. The van der Waals surface area contributed by atoms with Gasteiger partial charge in [0.15, 0.2) is 0 Å². The first-order chi connectivity index (χ1) is 9.24. The van der Waals surface area contributed by atoms with Crippen LogP contribution < -0.4 is 10.1 Å². The Morgan fingerprint density at radius 1 is 1.32 bits per heavy atom. The predicted molar refractivity (Wildman–Crippen MR) is 74.5 cm³/mol. The van der Waals surface area contributed by atoms with E-state index in [1.54, 1.807) is 7.11 Å². The highest BCUT2D eigenvalue weighted by Crippen LogP contribution is 2.30. The number of rotatable bonds is 6. The van der Waals surface area contributed by atoms with Crippen LogP contribution in [-0.4, -0.2) is 25.4 Å². The maximum atomic E-state index is 8.69. The Morgan fingerprint density at radius 2 is 2.16 bits per heavy atom. The molecule has 1 heterocycles. The van der Waals surface area contributed by atoms with E-state index in [4.69, 9.17) is 25.9 Å². The molecule has 0 bridgehead atoms. The van der Waals surface area contributed by atoms with Crippen molar-refractivity contribution in [1.29, 1.82) is 0 Å². The lowest BCUT2D eigenvalue weighted by atomic mass is 10.2. The Bertz CT molecular complexity index is 539. The van der Waals surface area contributed by atoms with Gasteiger partial charge in [-0.2, -0.15) is 0 Å². The summed E-state index contributed by atoms with van der Waals surface area (Å²) in [4.78, 5) is 0. The van der Waals surface area contributed by atoms with Crippen molar-refractivity contribution < 1.29 is 14.3 Å². The second kappa shape index (κ2) is 6.61. The third-order valence-electron chi connectivity index (χ3n) is 2.69. The average molecular weight is 282 g/mol. The van der Waals surface area contributed by atoms with Crippen LogP contribution in [0.15, 0.2) is 34.7 Å². The lowest BCUT2D eigenvalue weighted by Gasteiger charge is -2.04. The van der Waals surface area contributed by atoms with Gasteiger partial charge in [-0.15, -0.1) is 0 Å². The number of hydrogen-bond acceptors (Lipinski definition) is 4. The largest absolute Gasteiger partial charge is 0.495 e. The molecular weight excluding hydrogens is 266 g/mol. The second-order valence-electron chi connectivity index (χ2n) is 4.02. The van der Waals surface area contributed by atoms with E-state index in [0.717, 1.165) is 17.1 Å². The Kier molecular flexibility index (Phi) is 4.85. The quantitative estimate of drug-likeness (QED) is 0.800. The standard InChI is InChI=1S/C14H16ClNO3/c1-18-14-4-2-10(8-12(14)15)13-5-3-11(19-13)9-16-6-7-17/h2-5,8,16-17H,6-7,9H2,1H3. The van der Waals surface area contributed by atoms with Gasteiger partial charge in [0.1, 0.15) is 17.3 Å². The van der Waals surface area contributed by atoms with Gasteiger partial charge in [-0.25, -0.2) is 0 Å². The molecule has 1 aromatic carbocycles. The summed E-state index contributed by atoms with van der Waals surface area (Å²) >= 11 is 6.08. The maximum absolute atomic E-state index is 8.69. The van der Waals surface area contributed by atoms with Gasteiger partial charge in [-0.1, -0.05) is 11.6 Å². The van der Waals surface area contributed by atoms with Crippen molar-refractivity contribution >= 4 is 11.6 Å². The fraction of sp³-hybridized carbons (Fsp3) is 0.286. The van der Waals surface area contributed by atoms with Crippen LogP contribution in [0.1, 0.15) is 5.76 Å². The average Bonchev–Trinajstić information content (AvgIpc) is 2.88. The van der Waals surface area contributed by atoms with Crippen molar-refractivity contribution in [1.82, 2.24) is 5.32 Å². The van der Waals surface area contributed by atoms with Crippen molar-refractivity contribution in [2.45, 2.75) is 6.54 Å². The fourth-order valence-corrected chi connectivity index (χ4v) is 2.00. The van der Waals surface area contributed by atoms with Gasteiger partial charge in [-0.3, -0.25) is 0 Å². The Balaban J connectivity index is 2.11. The van der Waals surface area contributed by atoms with E-state index in [2.05, 4.69) is 5.32 Å². The molecule has 0 aliphatic carbocycles. The Hall–Kier alpha value is -1.49. The van der Waals surface area contributed by atoms with Crippen LogP contribution in [0.3, 0.4) is 0 Å². The van der Waals surface area contributed by atoms with Crippen LogP contribution in [0.25, 0.3) is 11.3 Å². The highest BCUT2D eigenvalue weighted by Gasteiger charge is 2.07. The van der Waals surface area contributed by atoms with Crippen LogP contribution in [0.5, 0.6) is 5.75 Å². The topological polar surface area (TPSA) is 54.6 Å². The molecule has 1 aromatic heterocycles. The highest BCUT2D eigenvalue weighted by atomic mass is 35.5. The van der Waals surface area contributed by atoms with E-state index >= 15 is 0 Å². The molecule has 5 heteroatoms. The summed E-state index contributed by atoms with van der Waals surface area (Å²) < 4.78 is 10.8. The summed E-state index contributed by atoms with van der Waals surface area (Å²) in [5, 5.41) is 12.3. The predicted octanol–water partition coefficient (Wildman–Crippen LogP) is 2.69. The van der Waals surface area contributed by atoms with Gasteiger partial charge in [0.25, 0.3) is 0 Å². The molecule has 0 atom stereocenters. The summed E-state index contributed by atoms with van der Waals surface area (Å²) in [6.07, 6.45) is 0. The molecule has 0 aliphatic rings. The van der Waals surface area contributed by atoms with Gasteiger partial charge in [0, 0.05) is 12.1 Å². The van der Waals surface area contributed by atoms with Crippen molar-refractivity contribution in [2.75, 3.05) is 20.3 Å². The Morgan fingerprint density at radius 3 is 2.84 bits per heavy atom. The minimum absolute atomic E-state index is 0.113. The molecule has 0 amide bonds. The minimum Gasteiger partial charge on any atom is -0.495 e. The molecule has 102 valence electrons. The summed E-state index contributed by atoms with van der Waals surface area (Å²) in [5.41, 5.74) is 0.902. The number of ether oxygens (including phenoxy) is 1. The number of aliphatic hydroxyl groups is 1. The Labute approximate surface area is 117 Å². The van der Waals surface area contributed by atoms with Crippen LogP contribution in [-0.2, 0) is 6.54 Å². The molecule has 0 fully saturated rings. The summed E-state index contributed by atoms with van der Waals surface area (Å²) in [5.74, 6) is 2.21. The summed E-state index contributed by atoms with van der Waals surface area (Å²) in [6.45, 7) is 1.25. The lowest BCUT2D eigenvalue weighted by Crippen LogP contribution is -2.16. The number of methoxy groups -OCH3 is 1. The van der Waals surface area contributed by atoms with E-state index in [-0.39, 0.29) is 6.61 Å². The monoisotopic (exact) mass is 281 g/mol. The zero-order valence-electron chi connectivity index (χ0n) is 10.6. The van der Waals surface area contributed by atoms with E-state index in [0.29, 0.717) is 23.9 Å². The van der Waals surface area contributed by atoms with Crippen molar-refractivity contribution in [3.8, 4) is 17.1 Å². The molecule has 2 rings (SSSR count). The molecule has 0 saturated carbocycles. The molecule has 0 saturated heterocycles. The number of benzene rings is 1. The molecule has 2 aromatic rings. The zero-order valence-corrected chi connectivity index (χ0v) is 11.4. The molecule has 0 radical (unpaired) electrons. The van der Waals surface area contributed by atoms with Gasteiger partial charge < -0.3 is 19.6 Å². The zero-order chi connectivity index (χ0) is 13.7. The van der Waals surface area contributed by atoms with Gasteiger partial charge >= 0.3 is 0 Å². The molecule has 2 N–H and O–H groups in total. The number of aliphatic hydroxyl groups excluding tert-OH is 1. The molecule has 0 unspecified atom stereocenters. The molecule has 0 spiro atoms. The summed E-state index contributed by atoms with van der Waals surface area (Å²) in [6, 6.07) is 9.31. The lowest BCUT2D eigenvalue weighted by molar-refractivity contribution is 0.290. The van der Waals surface area contributed by atoms with Crippen LogP contribution in [0.2, 0.25) is 5.02 Å². The molecule has 0 aliphatic heterocycles. The van der Waals surface area contributed by atoms with Crippen LogP contribution >= 0.6 is 11.6 Å². The van der Waals surface area contributed by atoms with E-state index in [1.807, 2.05) is 30.3 Å². The van der Waals surface area contributed by atoms with E-state index < -0.39 is 0 Å². The fourth-order valence-electron chi connectivity index (χ4n) is 1.74. The molecule has 4 nitrogen and oxygen atoms in total. The van der Waals surface area contributed by atoms with Gasteiger partial charge in [-0.05, 0) is 30.3 Å². The smallest absolute Gasteiger partial charge is 0.137 e. The van der Waals surface area contributed by atoms with Gasteiger partial charge in [0.05, 0.1) is 25.3 Å². The van der Waals surface area contributed by atoms with E-state index in [1.165, 1.54) is 0 Å². The summed E-state index contributed by atoms with van der Waals surface area (Å²) in [7, 11) is 1.58. The molecular formula is C14H16ClNO3. The maximum Gasteiger partial charge on any atom is 0.137 e. The number of hydrogen-bond donors (Lipinski definition) is 2. The minimum atomic E-state index is 0.113. The van der Waals surface area contributed by atoms with Crippen LogP contribution in [0, 0.1) is 0 Å². The van der Waals surface area contributed by atoms with E-state index in [9.17, 15) is 0 Å². The third-order valence-corrected chi connectivity index (χ3v) is 2.98. The highest BCUT2D eigenvalue weighted by molar-refractivity contribution is 6.32. The van der Waals surface area contributed by atoms with Crippen molar-refractivity contribution in [2.24, 2.45) is 0 Å². The SMILES string of the molecule is COc1ccc(-c2ccc(CNCCO)o2)cc1Cl. The van der Waals surface area contributed by atoms with Crippen molar-refractivity contribution in [3.05, 3.63) is 41.1 Å². The number of nitrogens with one attached hydrogen (secondary N) is 1. The van der Waals surface area contributed by atoms with Crippen LogP contribution in [0.4, 0.5) is 0 Å².